The van der Waals surface area contributed by atoms with Gasteiger partial charge in [-0.1, -0.05) is 12.1 Å². The number of anilines is 1. The molecule has 5 nitrogen and oxygen atoms in total. The number of hydrogen-bond donors (Lipinski definition) is 1. The van der Waals surface area contributed by atoms with Gasteiger partial charge in [0.1, 0.15) is 5.75 Å². The van der Waals surface area contributed by atoms with Crippen LogP contribution in [-0.2, 0) is 0 Å². The number of aryl methyl sites for hydroxylation is 1. The normalized spacial score (nSPS) is 10.6. The molecule has 0 aliphatic heterocycles. The summed E-state index contributed by atoms with van der Waals surface area (Å²) in [6.45, 7) is 1.97. The molecule has 0 saturated heterocycles. The van der Waals surface area contributed by atoms with Crippen molar-refractivity contribution in [2.24, 2.45) is 0 Å². The molecule has 0 aliphatic carbocycles. The largest absolute Gasteiger partial charge is 0.495 e. The van der Waals surface area contributed by atoms with Crippen molar-refractivity contribution < 1.29 is 9.53 Å². The lowest BCUT2D eigenvalue weighted by atomic mass is 10.2. The second-order valence-corrected chi connectivity index (χ2v) is 4.75. The van der Waals surface area contributed by atoms with Crippen LogP contribution in [0.5, 0.6) is 5.75 Å². The van der Waals surface area contributed by atoms with Crippen LogP contribution in [0.15, 0.2) is 48.8 Å². The molecule has 2 heterocycles. The van der Waals surface area contributed by atoms with Gasteiger partial charge in [-0.3, -0.25) is 4.79 Å². The van der Waals surface area contributed by atoms with Crippen LogP contribution in [0.4, 0.5) is 5.69 Å². The Kier molecular flexibility index (Phi) is 3.31. The predicted octanol–water partition coefficient (Wildman–Crippen LogP) is 2.90. The summed E-state index contributed by atoms with van der Waals surface area (Å²) in [5.74, 6) is 0.429. The topological polar surface area (TPSA) is 55.6 Å². The van der Waals surface area contributed by atoms with E-state index < -0.39 is 0 Å². The van der Waals surface area contributed by atoms with Gasteiger partial charge in [0.05, 0.1) is 30.1 Å². The van der Waals surface area contributed by atoms with E-state index in [1.807, 2.05) is 43.3 Å². The third-order valence-electron chi connectivity index (χ3n) is 3.28. The van der Waals surface area contributed by atoms with Gasteiger partial charge >= 0.3 is 0 Å². The maximum Gasteiger partial charge on any atom is 0.259 e. The third-order valence-corrected chi connectivity index (χ3v) is 3.28. The van der Waals surface area contributed by atoms with Crippen LogP contribution in [-0.4, -0.2) is 22.6 Å². The predicted molar refractivity (Wildman–Crippen MR) is 80.9 cm³/mol. The number of amides is 1. The standard InChI is InChI=1S/C16H15N3O2/c1-11-6-7-13(15(9-11)21-2)18-16(20)12-10-17-19-8-4-3-5-14(12)19/h3-10H,1-2H3,(H,18,20). The van der Waals surface area contributed by atoms with E-state index in [1.54, 1.807) is 24.0 Å². The fourth-order valence-electron chi connectivity index (χ4n) is 2.20. The maximum absolute atomic E-state index is 12.4. The maximum atomic E-state index is 12.4. The van der Waals surface area contributed by atoms with Crippen LogP contribution < -0.4 is 10.1 Å². The van der Waals surface area contributed by atoms with Crippen LogP contribution in [0, 0.1) is 6.92 Å². The Morgan fingerprint density at radius 3 is 2.95 bits per heavy atom. The number of hydrogen-bond acceptors (Lipinski definition) is 3. The summed E-state index contributed by atoms with van der Waals surface area (Å²) in [5.41, 5.74) is 3.00. The number of rotatable bonds is 3. The zero-order chi connectivity index (χ0) is 14.8. The number of nitrogens with one attached hydrogen (secondary N) is 1. The lowest BCUT2D eigenvalue weighted by molar-refractivity contribution is 0.102. The van der Waals surface area contributed by atoms with Crippen LogP contribution in [0.25, 0.3) is 5.52 Å². The van der Waals surface area contributed by atoms with Crippen molar-refractivity contribution in [3.05, 3.63) is 59.9 Å². The molecule has 106 valence electrons. The molecule has 1 amide bonds. The van der Waals surface area contributed by atoms with E-state index in [2.05, 4.69) is 10.4 Å². The zero-order valence-corrected chi connectivity index (χ0v) is 11.8. The van der Waals surface area contributed by atoms with Gasteiger partial charge in [0.15, 0.2) is 0 Å². The molecule has 0 unspecified atom stereocenters. The van der Waals surface area contributed by atoms with Crippen molar-refractivity contribution in [2.45, 2.75) is 6.92 Å². The number of fused-ring (bicyclic) bond motifs is 1. The van der Waals surface area contributed by atoms with E-state index >= 15 is 0 Å². The smallest absolute Gasteiger partial charge is 0.259 e. The molecule has 0 aliphatic rings. The molecule has 0 fully saturated rings. The molecule has 21 heavy (non-hydrogen) atoms. The van der Waals surface area contributed by atoms with Gasteiger partial charge in [0.2, 0.25) is 0 Å². The lowest BCUT2D eigenvalue weighted by Crippen LogP contribution is -2.12. The average molecular weight is 281 g/mol. The molecule has 0 spiro atoms. The molecule has 3 aromatic rings. The second-order valence-electron chi connectivity index (χ2n) is 4.75. The van der Waals surface area contributed by atoms with Crippen molar-refractivity contribution >= 4 is 17.1 Å². The Hall–Kier alpha value is -2.82. The monoisotopic (exact) mass is 281 g/mol. The summed E-state index contributed by atoms with van der Waals surface area (Å²) in [6.07, 6.45) is 3.36. The summed E-state index contributed by atoms with van der Waals surface area (Å²) in [7, 11) is 1.58. The Morgan fingerprint density at radius 1 is 1.29 bits per heavy atom. The Morgan fingerprint density at radius 2 is 2.14 bits per heavy atom. The van der Waals surface area contributed by atoms with Gasteiger partial charge in [-0.05, 0) is 36.8 Å². The summed E-state index contributed by atoms with van der Waals surface area (Å²) >= 11 is 0. The summed E-state index contributed by atoms with van der Waals surface area (Å²) < 4.78 is 6.96. The Bertz CT molecular complexity index is 808. The third kappa shape index (κ3) is 2.45. The number of methoxy groups -OCH3 is 1. The van der Waals surface area contributed by atoms with Gasteiger partial charge in [-0.25, -0.2) is 4.52 Å². The first-order valence-electron chi connectivity index (χ1n) is 6.57. The summed E-state index contributed by atoms with van der Waals surface area (Å²) in [6, 6.07) is 11.2. The zero-order valence-electron chi connectivity index (χ0n) is 11.8. The van der Waals surface area contributed by atoms with Gasteiger partial charge in [-0.2, -0.15) is 5.10 Å². The molecule has 0 atom stereocenters. The van der Waals surface area contributed by atoms with Gasteiger partial charge in [0.25, 0.3) is 5.91 Å². The number of benzene rings is 1. The number of pyridine rings is 1. The number of carbonyl (C=O) groups is 1. The molecular weight excluding hydrogens is 266 g/mol. The number of ether oxygens (including phenoxy) is 1. The van der Waals surface area contributed by atoms with Gasteiger partial charge in [-0.15, -0.1) is 0 Å². The minimum absolute atomic E-state index is 0.210. The first-order chi connectivity index (χ1) is 10.2. The van der Waals surface area contributed by atoms with Crippen molar-refractivity contribution in [1.29, 1.82) is 0 Å². The van der Waals surface area contributed by atoms with Crippen molar-refractivity contribution in [1.82, 2.24) is 9.61 Å². The van der Waals surface area contributed by atoms with Crippen LogP contribution >= 0.6 is 0 Å². The number of carbonyl (C=O) groups excluding carboxylic acids is 1. The minimum atomic E-state index is -0.210. The highest BCUT2D eigenvalue weighted by molar-refractivity contribution is 6.09. The molecule has 1 N–H and O–H groups in total. The first-order valence-corrected chi connectivity index (χ1v) is 6.57. The van der Waals surface area contributed by atoms with Crippen molar-refractivity contribution in [3.8, 4) is 5.75 Å². The quantitative estimate of drug-likeness (QED) is 0.803. The lowest BCUT2D eigenvalue weighted by Gasteiger charge is -2.10. The van der Waals surface area contributed by atoms with E-state index in [0.717, 1.165) is 11.1 Å². The van der Waals surface area contributed by atoms with E-state index in [1.165, 1.54) is 0 Å². The van der Waals surface area contributed by atoms with E-state index in [0.29, 0.717) is 17.0 Å². The second kappa shape index (κ2) is 5.28. The number of nitrogens with zero attached hydrogens (tertiary/aromatic N) is 2. The summed E-state index contributed by atoms with van der Waals surface area (Å²) in [5, 5.41) is 7.03. The fraction of sp³-hybridized carbons (Fsp3) is 0.125. The number of aromatic nitrogens is 2. The van der Waals surface area contributed by atoms with Crippen LogP contribution in [0.2, 0.25) is 0 Å². The molecule has 2 aromatic heterocycles. The molecule has 0 saturated carbocycles. The minimum Gasteiger partial charge on any atom is -0.495 e. The SMILES string of the molecule is COc1cc(C)ccc1NC(=O)c1cnn2ccccc12. The van der Waals surface area contributed by atoms with Crippen LogP contribution in [0.1, 0.15) is 15.9 Å². The first kappa shape index (κ1) is 13.2. The fourth-order valence-corrected chi connectivity index (χ4v) is 2.20. The van der Waals surface area contributed by atoms with E-state index in [-0.39, 0.29) is 5.91 Å². The van der Waals surface area contributed by atoms with E-state index in [4.69, 9.17) is 4.74 Å². The molecule has 3 rings (SSSR count). The molecule has 0 radical (unpaired) electrons. The average Bonchev–Trinajstić information content (AvgIpc) is 2.93. The van der Waals surface area contributed by atoms with Gasteiger partial charge < -0.3 is 10.1 Å². The highest BCUT2D eigenvalue weighted by atomic mass is 16.5. The highest BCUT2D eigenvalue weighted by Crippen LogP contribution is 2.26. The Balaban J connectivity index is 1.93. The van der Waals surface area contributed by atoms with Crippen LogP contribution in [0.3, 0.4) is 0 Å². The van der Waals surface area contributed by atoms with Crippen molar-refractivity contribution in [3.63, 3.8) is 0 Å². The molecule has 1 aromatic carbocycles. The highest BCUT2D eigenvalue weighted by Gasteiger charge is 2.14. The summed E-state index contributed by atoms with van der Waals surface area (Å²) in [4.78, 5) is 12.4. The van der Waals surface area contributed by atoms with Crippen molar-refractivity contribution in [2.75, 3.05) is 12.4 Å². The molecule has 0 bridgehead atoms. The Labute approximate surface area is 122 Å². The molecule has 5 heteroatoms. The van der Waals surface area contributed by atoms with Gasteiger partial charge in [0, 0.05) is 6.20 Å². The van der Waals surface area contributed by atoms with E-state index in [9.17, 15) is 4.79 Å². The molecular formula is C16H15N3O2.